The predicted molar refractivity (Wildman–Crippen MR) is 98.4 cm³/mol. The van der Waals surface area contributed by atoms with E-state index in [-0.39, 0.29) is 11.0 Å². The van der Waals surface area contributed by atoms with Crippen LogP contribution >= 0.6 is 0 Å². The van der Waals surface area contributed by atoms with Gasteiger partial charge in [0.05, 0.1) is 11.7 Å². The maximum absolute atomic E-state index is 6.02. The van der Waals surface area contributed by atoms with Crippen molar-refractivity contribution in [2.24, 2.45) is 0 Å². The van der Waals surface area contributed by atoms with Gasteiger partial charge >= 0.3 is 0 Å². The molecule has 2 saturated heterocycles. The summed E-state index contributed by atoms with van der Waals surface area (Å²) in [4.78, 5) is 0. The Kier molecular flexibility index (Phi) is 5.63. The van der Waals surface area contributed by atoms with Crippen molar-refractivity contribution in [3.8, 4) is 0 Å². The van der Waals surface area contributed by atoms with Gasteiger partial charge < -0.3 is 14.8 Å². The second-order valence-corrected chi connectivity index (χ2v) is 8.33. The fourth-order valence-electron chi connectivity index (χ4n) is 4.60. The summed E-state index contributed by atoms with van der Waals surface area (Å²) in [5, 5.41) is 3.73. The van der Waals surface area contributed by atoms with Crippen LogP contribution in [-0.2, 0) is 14.9 Å². The van der Waals surface area contributed by atoms with Gasteiger partial charge in [-0.05, 0) is 58.4 Å². The van der Waals surface area contributed by atoms with E-state index in [4.69, 9.17) is 9.47 Å². The summed E-state index contributed by atoms with van der Waals surface area (Å²) in [7, 11) is 0. The molecule has 0 unspecified atom stereocenters. The fourth-order valence-corrected chi connectivity index (χ4v) is 4.60. The summed E-state index contributed by atoms with van der Waals surface area (Å²) in [6.07, 6.45) is 6.15. The molecular weight excluding hydrogens is 298 g/mol. The van der Waals surface area contributed by atoms with Gasteiger partial charge in [-0.15, -0.1) is 0 Å². The van der Waals surface area contributed by atoms with Crippen molar-refractivity contribution in [2.45, 2.75) is 76.0 Å². The van der Waals surface area contributed by atoms with Crippen LogP contribution in [0.15, 0.2) is 30.3 Å². The van der Waals surface area contributed by atoms with E-state index < -0.39 is 0 Å². The highest BCUT2D eigenvalue weighted by Gasteiger charge is 2.42. The van der Waals surface area contributed by atoms with Gasteiger partial charge in [0.1, 0.15) is 0 Å². The zero-order valence-corrected chi connectivity index (χ0v) is 15.5. The summed E-state index contributed by atoms with van der Waals surface area (Å²) in [6, 6.07) is 11.5. The first-order chi connectivity index (χ1) is 11.5. The Morgan fingerprint density at radius 2 is 2.00 bits per heavy atom. The summed E-state index contributed by atoms with van der Waals surface area (Å²) in [5.41, 5.74) is 1.61. The molecule has 0 aromatic heterocycles. The number of hydrogen-bond acceptors (Lipinski definition) is 3. The fraction of sp³-hybridized carbons (Fsp3) is 0.714. The average molecular weight is 332 g/mol. The lowest BCUT2D eigenvalue weighted by Crippen LogP contribution is -2.47. The highest BCUT2D eigenvalue weighted by Crippen LogP contribution is 2.44. The molecule has 3 atom stereocenters. The minimum atomic E-state index is -0.0532. The molecule has 2 heterocycles. The van der Waals surface area contributed by atoms with Gasteiger partial charge in [0.2, 0.25) is 0 Å². The maximum atomic E-state index is 6.02. The molecule has 1 aromatic carbocycles. The largest absolute Gasteiger partial charge is 0.377 e. The van der Waals surface area contributed by atoms with E-state index in [1.54, 1.807) is 0 Å². The molecule has 0 amide bonds. The van der Waals surface area contributed by atoms with Crippen LogP contribution in [0.25, 0.3) is 0 Å². The quantitative estimate of drug-likeness (QED) is 0.853. The Balaban J connectivity index is 1.70. The molecule has 0 radical (unpaired) electrons. The lowest BCUT2D eigenvalue weighted by molar-refractivity contribution is -0.0855. The van der Waals surface area contributed by atoms with Gasteiger partial charge in [0.15, 0.2) is 0 Å². The summed E-state index contributed by atoms with van der Waals surface area (Å²) in [6.45, 7) is 9.54. The van der Waals surface area contributed by atoms with Crippen molar-refractivity contribution in [3.05, 3.63) is 35.9 Å². The average Bonchev–Trinajstić information content (AvgIpc) is 3.06. The standard InChI is InChI=1S/C21H33NO2/c1-17(22-15-19-10-7-12-23-19)14-21(18-8-5-4-6-9-18)11-13-24-20(2,3)16-21/h4-6,8-9,17,19,22H,7,10-16H2,1-3H3/t17-,19+,21-/m1/s1. The zero-order chi connectivity index (χ0) is 17.0. The molecule has 2 aliphatic rings. The third-order valence-electron chi connectivity index (χ3n) is 5.64. The van der Waals surface area contributed by atoms with Crippen molar-refractivity contribution in [3.63, 3.8) is 0 Å². The molecule has 2 fully saturated rings. The van der Waals surface area contributed by atoms with Gasteiger partial charge in [-0.25, -0.2) is 0 Å². The highest BCUT2D eigenvalue weighted by atomic mass is 16.5. The Bertz CT molecular complexity index is 510. The lowest BCUT2D eigenvalue weighted by Gasteiger charge is -2.46. The Hall–Kier alpha value is -0.900. The number of rotatable bonds is 6. The minimum absolute atomic E-state index is 0.0532. The second kappa shape index (κ2) is 7.55. The molecule has 3 rings (SSSR count). The van der Waals surface area contributed by atoms with E-state index in [2.05, 4.69) is 56.4 Å². The molecular formula is C21H33NO2. The summed E-state index contributed by atoms with van der Waals surface area (Å²) in [5.74, 6) is 0. The van der Waals surface area contributed by atoms with Crippen LogP contribution in [0.4, 0.5) is 0 Å². The third-order valence-corrected chi connectivity index (χ3v) is 5.64. The number of nitrogens with one attached hydrogen (secondary N) is 1. The Labute approximate surface area is 147 Å². The van der Waals surface area contributed by atoms with E-state index in [0.29, 0.717) is 12.1 Å². The smallest absolute Gasteiger partial charge is 0.0700 e. The van der Waals surface area contributed by atoms with Crippen molar-refractivity contribution in [1.82, 2.24) is 5.32 Å². The highest BCUT2D eigenvalue weighted by molar-refractivity contribution is 5.27. The SMILES string of the molecule is C[C@H](C[C@]1(c2ccccc2)CCOC(C)(C)C1)NC[C@@H]1CCCO1. The molecule has 0 aliphatic carbocycles. The number of ether oxygens (including phenoxy) is 2. The Morgan fingerprint density at radius 3 is 2.67 bits per heavy atom. The van der Waals surface area contributed by atoms with Crippen LogP contribution in [0.3, 0.4) is 0 Å². The van der Waals surface area contributed by atoms with E-state index in [9.17, 15) is 0 Å². The second-order valence-electron chi connectivity index (χ2n) is 8.33. The molecule has 2 aliphatic heterocycles. The Morgan fingerprint density at radius 1 is 1.21 bits per heavy atom. The van der Waals surface area contributed by atoms with E-state index in [1.807, 2.05) is 0 Å². The molecule has 3 heteroatoms. The molecule has 0 spiro atoms. The lowest BCUT2D eigenvalue weighted by atomic mass is 9.66. The molecule has 24 heavy (non-hydrogen) atoms. The van der Waals surface area contributed by atoms with Crippen LogP contribution < -0.4 is 5.32 Å². The van der Waals surface area contributed by atoms with Gasteiger partial charge in [-0.1, -0.05) is 30.3 Å². The molecule has 0 saturated carbocycles. The van der Waals surface area contributed by atoms with Crippen molar-refractivity contribution in [1.29, 1.82) is 0 Å². The maximum Gasteiger partial charge on any atom is 0.0700 e. The van der Waals surface area contributed by atoms with Crippen LogP contribution in [0, 0.1) is 0 Å². The third kappa shape index (κ3) is 4.38. The van der Waals surface area contributed by atoms with E-state index in [1.165, 1.54) is 18.4 Å². The summed E-state index contributed by atoms with van der Waals surface area (Å²) >= 11 is 0. The zero-order valence-electron chi connectivity index (χ0n) is 15.5. The summed E-state index contributed by atoms with van der Waals surface area (Å²) < 4.78 is 11.8. The molecule has 3 nitrogen and oxygen atoms in total. The van der Waals surface area contributed by atoms with Crippen LogP contribution in [0.2, 0.25) is 0 Å². The van der Waals surface area contributed by atoms with E-state index in [0.717, 1.165) is 39.0 Å². The van der Waals surface area contributed by atoms with Gasteiger partial charge in [0.25, 0.3) is 0 Å². The molecule has 0 bridgehead atoms. The number of hydrogen-bond donors (Lipinski definition) is 1. The molecule has 1 N–H and O–H groups in total. The minimum Gasteiger partial charge on any atom is -0.377 e. The normalized spacial score (nSPS) is 31.0. The van der Waals surface area contributed by atoms with Crippen molar-refractivity contribution >= 4 is 0 Å². The first-order valence-electron chi connectivity index (χ1n) is 9.54. The first-order valence-corrected chi connectivity index (χ1v) is 9.54. The predicted octanol–water partition coefficient (Wildman–Crippen LogP) is 4.06. The van der Waals surface area contributed by atoms with Gasteiger partial charge in [-0.2, -0.15) is 0 Å². The van der Waals surface area contributed by atoms with Crippen LogP contribution in [0.1, 0.15) is 58.4 Å². The monoisotopic (exact) mass is 331 g/mol. The van der Waals surface area contributed by atoms with Crippen LogP contribution in [0.5, 0.6) is 0 Å². The van der Waals surface area contributed by atoms with Gasteiger partial charge in [0, 0.05) is 31.2 Å². The van der Waals surface area contributed by atoms with E-state index >= 15 is 0 Å². The molecule has 134 valence electrons. The number of benzene rings is 1. The molecule has 1 aromatic rings. The van der Waals surface area contributed by atoms with Crippen LogP contribution in [-0.4, -0.2) is 37.5 Å². The van der Waals surface area contributed by atoms with Gasteiger partial charge in [-0.3, -0.25) is 0 Å². The first kappa shape index (κ1) is 17.9. The van der Waals surface area contributed by atoms with Crippen molar-refractivity contribution in [2.75, 3.05) is 19.8 Å². The topological polar surface area (TPSA) is 30.5 Å². The van der Waals surface area contributed by atoms with Crippen molar-refractivity contribution < 1.29 is 9.47 Å².